The molecule has 0 spiro atoms. The third-order valence-electron chi connectivity index (χ3n) is 2.63. The quantitative estimate of drug-likeness (QED) is 0.855. The van der Waals surface area contributed by atoms with Gasteiger partial charge in [0.1, 0.15) is 17.4 Å². The highest BCUT2D eigenvalue weighted by atomic mass is 16.3. The molecule has 2 heterocycles. The average Bonchev–Trinajstić information content (AvgIpc) is 2.88. The fourth-order valence-electron chi connectivity index (χ4n) is 1.56. The Morgan fingerprint density at radius 3 is 2.79 bits per heavy atom. The molecule has 0 saturated carbocycles. The SMILES string of the molecule is CC(C)(C)c1ncc(C=O)c(NCc2ccco2)n1. The molecule has 0 radical (unpaired) electrons. The highest BCUT2D eigenvalue weighted by Gasteiger charge is 2.19. The van der Waals surface area contributed by atoms with Crippen LogP contribution >= 0.6 is 0 Å². The molecule has 2 aromatic heterocycles. The van der Waals surface area contributed by atoms with E-state index in [2.05, 4.69) is 15.3 Å². The van der Waals surface area contributed by atoms with Gasteiger partial charge in [-0.3, -0.25) is 4.79 Å². The van der Waals surface area contributed by atoms with Crippen molar-refractivity contribution < 1.29 is 9.21 Å². The highest BCUT2D eigenvalue weighted by molar-refractivity contribution is 5.81. The summed E-state index contributed by atoms with van der Waals surface area (Å²) in [5, 5.41) is 3.10. The Morgan fingerprint density at radius 2 is 2.21 bits per heavy atom. The molecular weight excluding hydrogens is 242 g/mol. The Labute approximate surface area is 112 Å². The number of nitrogens with zero attached hydrogens (tertiary/aromatic N) is 2. The van der Waals surface area contributed by atoms with Crippen LogP contribution in [-0.4, -0.2) is 16.3 Å². The minimum absolute atomic E-state index is 0.164. The predicted molar refractivity (Wildman–Crippen MR) is 72.2 cm³/mol. The lowest BCUT2D eigenvalue weighted by Gasteiger charge is -2.18. The lowest BCUT2D eigenvalue weighted by Crippen LogP contribution is -2.18. The van der Waals surface area contributed by atoms with E-state index in [1.165, 1.54) is 0 Å². The maximum absolute atomic E-state index is 11.0. The second kappa shape index (κ2) is 5.22. The summed E-state index contributed by atoms with van der Waals surface area (Å²) in [5.41, 5.74) is 0.280. The van der Waals surface area contributed by atoms with Crippen LogP contribution in [0.2, 0.25) is 0 Å². The lowest BCUT2D eigenvalue weighted by molar-refractivity contribution is 0.112. The minimum atomic E-state index is -0.164. The molecule has 19 heavy (non-hydrogen) atoms. The summed E-state index contributed by atoms with van der Waals surface area (Å²) < 4.78 is 5.23. The van der Waals surface area contributed by atoms with Crippen molar-refractivity contribution in [3.05, 3.63) is 41.7 Å². The maximum Gasteiger partial charge on any atom is 0.155 e. The minimum Gasteiger partial charge on any atom is -0.467 e. The van der Waals surface area contributed by atoms with Crippen LogP contribution in [0, 0.1) is 0 Å². The molecule has 0 bridgehead atoms. The molecule has 5 nitrogen and oxygen atoms in total. The molecule has 0 atom stereocenters. The van der Waals surface area contributed by atoms with E-state index in [1.807, 2.05) is 32.9 Å². The first-order valence-electron chi connectivity index (χ1n) is 6.09. The van der Waals surface area contributed by atoms with Crippen LogP contribution in [0.1, 0.15) is 42.7 Å². The molecule has 0 aromatic carbocycles. The van der Waals surface area contributed by atoms with Crippen LogP contribution in [0.15, 0.2) is 29.0 Å². The van der Waals surface area contributed by atoms with Gasteiger partial charge >= 0.3 is 0 Å². The lowest BCUT2D eigenvalue weighted by atomic mass is 9.95. The topological polar surface area (TPSA) is 68.0 Å². The van der Waals surface area contributed by atoms with Crippen LogP contribution in [0.3, 0.4) is 0 Å². The Kier molecular flexibility index (Phi) is 3.64. The Bertz CT molecular complexity index is 557. The summed E-state index contributed by atoms with van der Waals surface area (Å²) in [6.45, 7) is 6.56. The fourth-order valence-corrected chi connectivity index (χ4v) is 1.56. The number of nitrogens with one attached hydrogen (secondary N) is 1. The van der Waals surface area contributed by atoms with E-state index in [0.717, 1.165) is 12.0 Å². The molecule has 2 rings (SSSR count). The zero-order chi connectivity index (χ0) is 13.9. The number of rotatable bonds is 4. The first-order valence-corrected chi connectivity index (χ1v) is 6.09. The molecule has 1 N–H and O–H groups in total. The zero-order valence-electron chi connectivity index (χ0n) is 11.3. The van der Waals surface area contributed by atoms with Gasteiger partial charge in [0.05, 0.1) is 18.4 Å². The molecule has 0 aliphatic heterocycles. The number of hydrogen-bond acceptors (Lipinski definition) is 5. The van der Waals surface area contributed by atoms with Crippen molar-refractivity contribution in [2.24, 2.45) is 0 Å². The molecule has 0 unspecified atom stereocenters. The summed E-state index contributed by atoms with van der Waals surface area (Å²) in [7, 11) is 0. The summed E-state index contributed by atoms with van der Waals surface area (Å²) in [4.78, 5) is 19.6. The fraction of sp³-hybridized carbons (Fsp3) is 0.357. The summed E-state index contributed by atoms with van der Waals surface area (Å²) in [6.07, 6.45) is 3.90. The molecule has 0 aliphatic rings. The Morgan fingerprint density at radius 1 is 1.42 bits per heavy atom. The second-order valence-electron chi connectivity index (χ2n) is 5.30. The number of anilines is 1. The third kappa shape index (κ3) is 3.19. The van der Waals surface area contributed by atoms with E-state index < -0.39 is 0 Å². The van der Waals surface area contributed by atoms with Gasteiger partial charge in [-0.05, 0) is 12.1 Å². The summed E-state index contributed by atoms with van der Waals surface area (Å²) >= 11 is 0. The van der Waals surface area contributed by atoms with Gasteiger partial charge in [0.25, 0.3) is 0 Å². The molecule has 2 aromatic rings. The standard InChI is InChI=1S/C14H17N3O2/c1-14(2,3)13-16-7-10(9-18)12(17-13)15-8-11-5-4-6-19-11/h4-7,9H,8H2,1-3H3,(H,15,16,17). The molecule has 0 fully saturated rings. The van der Waals surface area contributed by atoms with E-state index >= 15 is 0 Å². The zero-order valence-corrected chi connectivity index (χ0v) is 11.3. The van der Waals surface area contributed by atoms with E-state index in [0.29, 0.717) is 23.8 Å². The van der Waals surface area contributed by atoms with Crippen molar-refractivity contribution in [2.45, 2.75) is 32.7 Å². The van der Waals surface area contributed by atoms with Crippen molar-refractivity contribution in [1.82, 2.24) is 9.97 Å². The average molecular weight is 259 g/mol. The van der Waals surface area contributed by atoms with E-state index in [-0.39, 0.29) is 5.41 Å². The molecule has 0 amide bonds. The van der Waals surface area contributed by atoms with Crippen molar-refractivity contribution in [1.29, 1.82) is 0 Å². The number of aldehydes is 1. The second-order valence-corrected chi connectivity index (χ2v) is 5.30. The van der Waals surface area contributed by atoms with E-state index in [1.54, 1.807) is 12.5 Å². The van der Waals surface area contributed by atoms with Crippen LogP contribution in [-0.2, 0) is 12.0 Å². The van der Waals surface area contributed by atoms with Gasteiger partial charge in [0.2, 0.25) is 0 Å². The monoisotopic (exact) mass is 259 g/mol. The number of carbonyl (C=O) groups excluding carboxylic acids is 1. The van der Waals surface area contributed by atoms with Gasteiger partial charge in [-0.1, -0.05) is 20.8 Å². The maximum atomic E-state index is 11.0. The molecule has 100 valence electrons. The number of aromatic nitrogens is 2. The van der Waals surface area contributed by atoms with Gasteiger partial charge in [-0.2, -0.15) is 0 Å². The van der Waals surface area contributed by atoms with Crippen molar-refractivity contribution in [2.75, 3.05) is 5.32 Å². The van der Waals surface area contributed by atoms with Gasteiger partial charge in [0, 0.05) is 11.6 Å². The van der Waals surface area contributed by atoms with Crippen molar-refractivity contribution >= 4 is 12.1 Å². The van der Waals surface area contributed by atoms with Crippen LogP contribution in [0.5, 0.6) is 0 Å². The number of furan rings is 1. The molecule has 5 heteroatoms. The largest absolute Gasteiger partial charge is 0.467 e. The first kappa shape index (κ1) is 13.3. The summed E-state index contributed by atoms with van der Waals surface area (Å²) in [5.74, 6) is 2.01. The normalized spacial score (nSPS) is 11.3. The van der Waals surface area contributed by atoms with Crippen LogP contribution in [0.25, 0.3) is 0 Å². The third-order valence-corrected chi connectivity index (χ3v) is 2.63. The van der Waals surface area contributed by atoms with E-state index in [9.17, 15) is 4.79 Å². The molecule has 0 saturated heterocycles. The smallest absolute Gasteiger partial charge is 0.155 e. The van der Waals surface area contributed by atoms with Gasteiger partial charge in [-0.25, -0.2) is 9.97 Å². The summed E-state index contributed by atoms with van der Waals surface area (Å²) in [6, 6.07) is 3.68. The predicted octanol–water partition coefficient (Wildman–Crippen LogP) is 2.79. The van der Waals surface area contributed by atoms with E-state index in [4.69, 9.17) is 4.42 Å². The number of hydrogen-bond donors (Lipinski definition) is 1. The van der Waals surface area contributed by atoms with Crippen LogP contribution in [0.4, 0.5) is 5.82 Å². The van der Waals surface area contributed by atoms with Gasteiger partial charge in [-0.15, -0.1) is 0 Å². The highest BCUT2D eigenvalue weighted by Crippen LogP contribution is 2.21. The molecule has 0 aliphatic carbocycles. The van der Waals surface area contributed by atoms with Gasteiger partial charge < -0.3 is 9.73 Å². The number of carbonyl (C=O) groups is 1. The van der Waals surface area contributed by atoms with Crippen molar-refractivity contribution in [3.63, 3.8) is 0 Å². The van der Waals surface area contributed by atoms with Crippen molar-refractivity contribution in [3.8, 4) is 0 Å². The molecular formula is C14H17N3O2. The van der Waals surface area contributed by atoms with Gasteiger partial charge in [0.15, 0.2) is 6.29 Å². The van der Waals surface area contributed by atoms with Crippen LogP contribution < -0.4 is 5.32 Å². The Hall–Kier alpha value is -2.17. The Balaban J connectivity index is 2.23. The first-order chi connectivity index (χ1) is 9.00.